The zero-order chi connectivity index (χ0) is 16.1. The van der Waals surface area contributed by atoms with E-state index in [-0.39, 0.29) is 6.10 Å². The van der Waals surface area contributed by atoms with Gasteiger partial charge >= 0.3 is 0 Å². The lowest BCUT2D eigenvalue weighted by Gasteiger charge is -2.22. The van der Waals surface area contributed by atoms with Crippen molar-refractivity contribution in [2.75, 3.05) is 13.6 Å². The first kappa shape index (κ1) is 15.6. The van der Waals surface area contributed by atoms with Crippen molar-refractivity contribution < 1.29 is 4.74 Å². The molecule has 3 aromatic carbocycles. The van der Waals surface area contributed by atoms with Crippen LogP contribution in [-0.4, -0.2) is 13.6 Å². The van der Waals surface area contributed by atoms with Crippen LogP contribution in [0.2, 0.25) is 0 Å². The second-order valence-corrected chi connectivity index (χ2v) is 5.83. The summed E-state index contributed by atoms with van der Waals surface area (Å²) in [7, 11) is 1.98. The van der Waals surface area contributed by atoms with Crippen LogP contribution in [0.4, 0.5) is 0 Å². The molecule has 2 nitrogen and oxygen atoms in total. The highest BCUT2D eigenvalue weighted by molar-refractivity contribution is 5.88. The Morgan fingerprint density at radius 2 is 1.65 bits per heavy atom. The van der Waals surface area contributed by atoms with Crippen LogP contribution in [0.15, 0.2) is 66.7 Å². The third-order valence-electron chi connectivity index (χ3n) is 4.21. The quantitative estimate of drug-likeness (QED) is 0.701. The summed E-state index contributed by atoms with van der Waals surface area (Å²) in [6.45, 7) is 3.07. The number of fused-ring (bicyclic) bond motifs is 1. The first-order chi connectivity index (χ1) is 11.3. The van der Waals surface area contributed by atoms with E-state index < -0.39 is 0 Å². The maximum Gasteiger partial charge on any atom is 0.128 e. The van der Waals surface area contributed by atoms with Crippen LogP contribution in [0.5, 0.6) is 5.75 Å². The highest BCUT2D eigenvalue weighted by atomic mass is 16.5. The minimum absolute atomic E-state index is 0.0504. The monoisotopic (exact) mass is 305 g/mol. The molecule has 0 fully saturated rings. The molecule has 0 saturated heterocycles. The van der Waals surface area contributed by atoms with Crippen LogP contribution in [-0.2, 0) is 0 Å². The number of benzene rings is 3. The zero-order valence-corrected chi connectivity index (χ0v) is 13.8. The molecule has 0 aromatic heterocycles. The van der Waals surface area contributed by atoms with Gasteiger partial charge in [0.2, 0.25) is 0 Å². The molecule has 0 heterocycles. The van der Waals surface area contributed by atoms with Crippen molar-refractivity contribution in [3.63, 3.8) is 0 Å². The second kappa shape index (κ2) is 7.30. The van der Waals surface area contributed by atoms with Crippen LogP contribution in [0, 0.1) is 6.92 Å². The van der Waals surface area contributed by atoms with Crippen LogP contribution in [0.3, 0.4) is 0 Å². The second-order valence-electron chi connectivity index (χ2n) is 5.83. The number of nitrogens with one attached hydrogen (secondary N) is 1. The predicted octanol–water partition coefficient (Wildman–Crippen LogP) is 4.88. The largest absolute Gasteiger partial charge is 0.485 e. The van der Waals surface area contributed by atoms with E-state index >= 15 is 0 Å². The fourth-order valence-electron chi connectivity index (χ4n) is 2.95. The summed E-state index contributed by atoms with van der Waals surface area (Å²) in [5.74, 6) is 0.951. The smallest absolute Gasteiger partial charge is 0.128 e. The first-order valence-corrected chi connectivity index (χ1v) is 8.14. The molecule has 0 spiro atoms. The molecule has 0 aliphatic rings. The van der Waals surface area contributed by atoms with Crippen molar-refractivity contribution >= 4 is 10.8 Å². The molecule has 0 radical (unpaired) electrons. The van der Waals surface area contributed by atoms with E-state index in [1.165, 1.54) is 16.5 Å². The van der Waals surface area contributed by atoms with Crippen molar-refractivity contribution in [1.29, 1.82) is 0 Å². The Morgan fingerprint density at radius 3 is 2.48 bits per heavy atom. The highest BCUT2D eigenvalue weighted by Gasteiger charge is 2.16. The lowest BCUT2D eigenvalue weighted by Crippen LogP contribution is -2.17. The fourth-order valence-corrected chi connectivity index (χ4v) is 2.95. The summed E-state index contributed by atoms with van der Waals surface area (Å²) < 4.78 is 6.46. The Morgan fingerprint density at radius 1 is 0.913 bits per heavy atom. The molecule has 0 bridgehead atoms. The summed E-state index contributed by atoms with van der Waals surface area (Å²) in [5, 5.41) is 5.61. The zero-order valence-electron chi connectivity index (χ0n) is 13.8. The normalized spacial score (nSPS) is 12.3. The van der Waals surface area contributed by atoms with Gasteiger partial charge in [-0.05, 0) is 43.1 Å². The Labute approximate surface area is 138 Å². The number of hydrogen-bond donors (Lipinski definition) is 1. The molecule has 1 unspecified atom stereocenters. The predicted molar refractivity (Wildman–Crippen MR) is 97.0 cm³/mol. The van der Waals surface area contributed by atoms with Gasteiger partial charge in [-0.1, -0.05) is 60.7 Å². The minimum Gasteiger partial charge on any atom is -0.485 e. The SMILES string of the molecule is CNCCC(Oc1cccc2ccccc12)c1ccccc1C. The highest BCUT2D eigenvalue weighted by Crippen LogP contribution is 2.32. The standard InChI is InChI=1S/C21H23NO/c1-16-8-3-5-11-18(16)21(14-15-22-2)23-20-13-7-10-17-9-4-6-12-19(17)20/h3-13,21-22H,14-15H2,1-2H3. The topological polar surface area (TPSA) is 21.3 Å². The summed E-state index contributed by atoms with van der Waals surface area (Å²) in [6.07, 6.45) is 0.986. The molecule has 0 aliphatic carbocycles. The van der Waals surface area contributed by atoms with E-state index in [1.807, 2.05) is 7.05 Å². The van der Waals surface area contributed by atoms with Crippen LogP contribution in [0.25, 0.3) is 10.8 Å². The van der Waals surface area contributed by atoms with Crippen LogP contribution in [0.1, 0.15) is 23.7 Å². The summed E-state index contributed by atoms with van der Waals surface area (Å²) >= 11 is 0. The van der Waals surface area contributed by atoms with Gasteiger partial charge in [-0.2, -0.15) is 0 Å². The van der Waals surface area contributed by atoms with E-state index in [2.05, 4.69) is 79.0 Å². The lowest BCUT2D eigenvalue weighted by molar-refractivity contribution is 0.197. The van der Waals surface area contributed by atoms with Crippen LogP contribution < -0.4 is 10.1 Å². The molecule has 0 aliphatic heterocycles. The number of rotatable bonds is 6. The van der Waals surface area contributed by atoms with Crippen molar-refractivity contribution in [3.8, 4) is 5.75 Å². The first-order valence-electron chi connectivity index (χ1n) is 8.14. The molecule has 2 heteroatoms. The number of aryl methyl sites for hydroxylation is 1. The van der Waals surface area contributed by atoms with Gasteiger partial charge in [-0.25, -0.2) is 0 Å². The van der Waals surface area contributed by atoms with Gasteiger partial charge in [0.1, 0.15) is 11.9 Å². The molecule has 3 rings (SSSR count). The van der Waals surface area contributed by atoms with Gasteiger partial charge in [0.15, 0.2) is 0 Å². The Balaban J connectivity index is 1.96. The summed E-state index contributed by atoms with van der Waals surface area (Å²) in [4.78, 5) is 0. The third kappa shape index (κ3) is 3.54. The van der Waals surface area contributed by atoms with E-state index in [0.29, 0.717) is 0 Å². The maximum absolute atomic E-state index is 6.46. The maximum atomic E-state index is 6.46. The molecular formula is C21H23NO. The van der Waals surface area contributed by atoms with E-state index in [4.69, 9.17) is 4.74 Å². The molecular weight excluding hydrogens is 282 g/mol. The van der Waals surface area contributed by atoms with E-state index in [9.17, 15) is 0 Å². The molecule has 3 aromatic rings. The average Bonchev–Trinajstić information content (AvgIpc) is 2.59. The van der Waals surface area contributed by atoms with Gasteiger partial charge in [0.05, 0.1) is 0 Å². The third-order valence-corrected chi connectivity index (χ3v) is 4.21. The van der Waals surface area contributed by atoms with Crippen molar-refractivity contribution in [2.45, 2.75) is 19.4 Å². The van der Waals surface area contributed by atoms with E-state index in [1.54, 1.807) is 0 Å². The van der Waals surface area contributed by atoms with Crippen LogP contribution >= 0.6 is 0 Å². The number of ether oxygens (including phenoxy) is 1. The lowest BCUT2D eigenvalue weighted by atomic mass is 10.0. The average molecular weight is 305 g/mol. The summed E-state index contributed by atoms with van der Waals surface area (Å²) in [6, 6.07) is 23.1. The molecule has 1 atom stereocenters. The molecule has 118 valence electrons. The van der Waals surface area contributed by atoms with Gasteiger partial charge in [-0.3, -0.25) is 0 Å². The minimum atomic E-state index is 0.0504. The van der Waals surface area contributed by atoms with Crippen molar-refractivity contribution in [3.05, 3.63) is 77.9 Å². The Kier molecular flexibility index (Phi) is 4.94. The van der Waals surface area contributed by atoms with Gasteiger partial charge in [0.25, 0.3) is 0 Å². The summed E-state index contributed by atoms with van der Waals surface area (Å²) in [5.41, 5.74) is 2.53. The molecule has 0 amide bonds. The Hall–Kier alpha value is -2.32. The molecule has 23 heavy (non-hydrogen) atoms. The van der Waals surface area contributed by atoms with Gasteiger partial charge < -0.3 is 10.1 Å². The molecule has 1 N–H and O–H groups in total. The van der Waals surface area contributed by atoms with Gasteiger partial charge in [0, 0.05) is 11.8 Å². The van der Waals surface area contributed by atoms with E-state index in [0.717, 1.165) is 24.1 Å². The van der Waals surface area contributed by atoms with Crippen molar-refractivity contribution in [1.82, 2.24) is 5.32 Å². The number of hydrogen-bond acceptors (Lipinski definition) is 2. The van der Waals surface area contributed by atoms with Crippen molar-refractivity contribution in [2.24, 2.45) is 0 Å². The fraction of sp³-hybridized carbons (Fsp3) is 0.238. The van der Waals surface area contributed by atoms with Gasteiger partial charge in [-0.15, -0.1) is 0 Å². The molecule has 0 saturated carbocycles. The Bertz CT molecular complexity index is 776.